The van der Waals surface area contributed by atoms with Gasteiger partial charge in [-0.2, -0.15) is 0 Å². The van der Waals surface area contributed by atoms with Gasteiger partial charge < -0.3 is 0 Å². The van der Waals surface area contributed by atoms with Crippen LogP contribution in [0.2, 0.25) is 0 Å². The third kappa shape index (κ3) is 6.29. The Bertz CT molecular complexity index is 2880. The highest BCUT2D eigenvalue weighted by molar-refractivity contribution is 7.26. The van der Waals surface area contributed by atoms with Crippen molar-refractivity contribution in [1.82, 2.24) is 15.0 Å². The van der Waals surface area contributed by atoms with Crippen LogP contribution < -0.4 is 0 Å². The summed E-state index contributed by atoms with van der Waals surface area (Å²) in [5.74, 6) is 1.96. The van der Waals surface area contributed by atoms with E-state index in [9.17, 15) is 0 Å². The Kier molecular flexibility index (Phi) is 8.36. The molecule has 0 bridgehead atoms. The standard InChI is InChI=1S/C51H33N3S/c1-5-15-34(16-6-1)42-32-45(36-17-7-2-8-18-36)48-46(33-42)44-26-14-25-43(47(44)55-48)41-24-13-23-40(31-41)35-27-29-39(30-28-35)51-53-49(37-19-9-3-10-20-37)52-50(54-51)38-21-11-4-12-22-38/h1-33H. The highest BCUT2D eigenvalue weighted by Crippen LogP contribution is 2.46. The first kappa shape index (κ1) is 32.6. The third-order valence-corrected chi connectivity index (χ3v) is 11.4. The molecule has 258 valence electrons. The maximum atomic E-state index is 4.93. The molecule has 0 atom stereocenters. The van der Waals surface area contributed by atoms with E-state index in [4.69, 9.17) is 15.0 Å². The van der Waals surface area contributed by atoms with Crippen LogP contribution in [-0.2, 0) is 0 Å². The minimum absolute atomic E-state index is 0.648. The van der Waals surface area contributed by atoms with Crippen molar-refractivity contribution in [2.45, 2.75) is 0 Å². The van der Waals surface area contributed by atoms with Gasteiger partial charge in [0, 0.05) is 42.4 Å². The van der Waals surface area contributed by atoms with Crippen molar-refractivity contribution in [2.75, 3.05) is 0 Å². The van der Waals surface area contributed by atoms with Crippen LogP contribution in [0.5, 0.6) is 0 Å². The molecule has 0 spiro atoms. The average Bonchev–Trinajstić information content (AvgIpc) is 3.66. The first-order valence-electron chi connectivity index (χ1n) is 18.4. The summed E-state index contributed by atoms with van der Waals surface area (Å²) in [5.41, 5.74) is 12.5. The Morgan fingerprint density at radius 2 is 0.691 bits per heavy atom. The van der Waals surface area contributed by atoms with Crippen LogP contribution in [0, 0.1) is 0 Å². The van der Waals surface area contributed by atoms with Gasteiger partial charge in [-0.3, -0.25) is 0 Å². The quantitative estimate of drug-likeness (QED) is 0.165. The normalized spacial score (nSPS) is 11.3. The highest BCUT2D eigenvalue weighted by Gasteiger charge is 2.17. The molecule has 55 heavy (non-hydrogen) atoms. The first-order valence-corrected chi connectivity index (χ1v) is 19.3. The largest absolute Gasteiger partial charge is 0.208 e. The van der Waals surface area contributed by atoms with E-state index < -0.39 is 0 Å². The molecule has 2 heterocycles. The predicted octanol–water partition coefficient (Wildman–Crippen LogP) is 13.9. The summed E-state index contributed by atoms with van der Waals surface area (Å²) in [6.07, 6.45) is 0. The Morgan fingerprint density at radius 1 is 0.255 bits per heavy atom. The maximum Gasteiger partial charge on any atom is 0.164 e. The fourth-order valence-electron chi connectivity index (χ4n) is 7.37. The number of hydrogen-bond acceptors (Lipinski definition) is 4. The predicted molar refractivity (Wildman–Crippen MR) is 231 cm³/mol. The SMILES string of the molecule is c1ccc(-c2cc(-c3ccccc3)c3sc4c(-c5cccc(-c6ccc(-c7nc(-c8ccccc8)nc(-c8ccccc8)n7)cc6)c5)cccc4c3c2)cc1. The molecule has 0 amide bonds. The Morgan fingerprint density at radius 3 is 1.29 bits per heavy atom. The lowest BCUT2D eigenvalue weighted by molar-refractivity contribution is 1.07. The summed E-state index contributed by atoms with van der Waals surface area (Å²) >= 11 is 1.89. The molecule has 4 heteroatoms. The van der Waals surface area contributed by atoms with Crippen molar-refractivity contribution < 1.29 is 0 Å². The molecule has 0 N–H and O–H groups in total. The van der Waals surface area contributed by atoms with Gasteiger partial charge in [-0.15, -0.1) is 11.3 Å². The van der Waals surface area contributed by atoms with Crippen molar-refractivity contribution >= 4 is 31.5 Å². The molecular weight excluding hydrogens is 687 g/mol. The minimum Gasteiger partial charge on any atom is -0.208 e. The van der Waals surface area contributed by atoms with Crippen molar-refractivity contribution in [3.05, 3.63) is 200 Å². The molecule has 0 aliphatic heterocycles. The van der Waals surface area contributed by atoms with Gasteiger partial charge in [0.25, 0.3) is 0 Å². The zero-order valence-corrected chi connectivity index (χ0v) is 30.6. The van der Waals surface area contributed by atoms with E-state index in [2.05, 4.69) is 140 Å². The Balaban J connectivity index is 1.04. The van der Waals surface area contributed by atoms with Crippen LogP contribution in [0.1, 0.15) is 0 Å². The Hall–Kier alpha value is -7.01. The fourth-order valence-corrected chi connectivity index (χ4v) is 8.73. The summed E-state index contributed by atoms with van der Waals surface area (Å²) in [6, 6.07) is 70.6. The molecule has 3 nitrogen and oxygen atoms in total. The topological polar surface area (TPSA) is 38.7 Å². The molecule has 0 aliphatic carbocycles. The van der Waals surface area contributed by atoms with E-state index in [0.29, 0.717) is 17.5 Å². The molecule has 0 radical (unpaired) electrons. The molecule has 0 aliphatic rings. The van der Waals surface area contributed by atoms with Gasteiger partial charge in [0.2, 0.25) is 0 Å². The second-order valence-corrected chi connectivity index (χ2v) is 14.6. The van der Waals surface area contributed by atoms with E-state index in [1.807, 2.05) is 72.0 Å². The number of aromatic nitrogens is 3. The molecule has 10 aromatic rings. The first-order chi connectivity index (χ1) is 27.2. The summed E-state index contributed by atoms with van der Waals surface area (Å²) in [5, 5.41) is 2.57. The number of rotatable bonds is 7. The minimum atomic E-state index is 0.648. The molecule has 0 saturated heterocycles. The number of fused-ring (bicyclic) bond motifs is 3. The smallest absolute Gasteiger partial charge is 0.164 e. The van der Waals surface area contributed by atoms with E-state index in [1.165, 1.54) is 53.6 Å². The molecule has 2 aromatic heterocycles. The maximum absolute atomic E-state index is 4.93. The lowest BCUT2D eigenvalue weighted by Crippen LogP contribution is -2.00. The molecule has 0 fully saturated rings. The summed E-state index contributed by atoms with van der Waals surface area (Å²) in [4.78, 5) is 14.7. The average molecular weight is 720 g/mol. The van der Waals surface area contributed by atoms with Crippen LogP contribution in [-0.4, -0.2) is 15.0 Å². The van der Waals surface area contributed by atoms with Crippen molar-refractivity contribution in [1.29, 1.82) is 0 Å². The molecule has 10 rings (SSSR count). The van der Waals surface area contributed by atoms with Crippen LogP contribution in [0.25, 0.3) is 98.8 Å². The zero-order chi connectivity index (χ0) is 36.6. The summed E-state index contributed by atoms with van der Waals surface area (Å²) in [7, 11) is 0. The van der Waals surface area contributed by atoms with E-state index in [-0.39, 0.29) is 0 Å². The van der Waals surface area contributed by atoms with Crippen LogP contribution >= 0.6 is 11.3 Å². The monoisotopic (exact) mass is 719 g/mol. The van der Waals surface area contributed by atoms with Gasteiger partial charge >= 0.3 is 0 Å². The van der Waals surface area contributed by atoms with E-state index in [0.717, 1.165) is 27.8 Å². The van der Waals surface area contributed by atoms with E-state index >= 15 is 0 Å². The van der Waals surface area contributed by atoms with Gasteiger partial charge in [-0.1, -0.05) is 182 Å². The number of hydrogen-bond donors (Lipinski definition) is 0. The van der Waals surface area contributed by atoms with Crippen LogP contribution in [0.4, 0.5) is 0 Å². The van der Waals surface area contributed by atoms with Crippen molar-refractivity contribution in [2.24, 2.45) is 0 Å². The zero-order valence-electron chi connectivity index (χ0n) is 29.8. The molecule has 0 unspecified atom stereocenters. The van der Waals surface area contributed by atoms with Gasteiger partial charge in [0.05, 0.1) is 0 Å². The third-order valence-electron chi connectivity index (χ3n) is 10.1. The molecule has 0 saturated carbocycles. The van der Waals surface area contributed by atoms with Crippen LogP contribution in [0.3, 0.4) is 0 Å². The van der Waals surface area contributed by atoms with Gasteiger partial charge in [0.1, 0.15) is 0 Å². The van der Waals surface area contributed by atoms with Gasteiger partial charge in [-0.25, -0.2) is 15.0 Å². The number of thiophene rings is 1. The van der Waals surface area contributed by atoms with Crippen molar-refractivity contribution in [3.63, 3.8) is 0 Å². The number of nitrogens with zero attached hydrogens (tertiary/aromatic N) is 3. The molecule has 8 aromatic carbocycles. The molecular formula is C51H33N3S. The summed E-state index contributed by atoms with van der Waals surface area (Å²) in [6.45, 7) is 0. The van der Waals surface area contributed by atoms with Crippen molar-refractivity contribution in [3.8, 4) is 78.7 Å². The van der Waals surface area contributed by atoms with Gasteiger partial charge in [0.15, 0.2) is 17.5 Å². The van der Waals surface area contributed by atoms with E-state index in [1.54, 1.807) is 0 Å². The fraction of sp³-hybridized carbons (Fsp3) is 0. The number of benzene rings is 8. The second kappa shape index (κ2) is 14.1. The highest BCUT2D eigenvalue weighted by atomic mass is 32.1. The lowest BCUT2D eigenvalue weighted by atomic mass is 9.94. The second-order valence-electron chi connectivity index (χ2n) is 13.6. The Labute approximate surface area is 323 Å². The lowest BCUT2D eigenvalue weighted by Gasteiger charge is -2.10. The summed E-state index contributed by atoms with van der Waals surface area (Å²) < 4.78 is 2.61. The van der Waals surface area contributed by atoms with Gasteiger partial charge in [-0.05, 0) is 57.1 Å². The van der Waals surface area contributed by atoms with Crippen LogP contribution in [0.15, 0.2) is 200 Å².